The zero-order chi connectivity index (χ0) is 24.8. The highest BCUT2D eigenvalue weighted by atomic mass is 16.5. The molecule has 0 fully saturated rings. The van der Waals surface area contributed by atoms with E-state index in [0.717, 1.165) is 16.8 Å². The van der Waals surface area contributed by atoms with Crippen molar-refractivity contribution < 1.29 is 19.1 Å². The summed E-state index contributed by atoms with van der Waals surface area (Å²) in [7, 11) is 0. The van der Waals surface area contributed by atoms with Gasteiger partial charge in [0.15, 0.2) is 11.8 Å². The molecule has 7 heteroatoms. The Kier molecular flexibility index (Phi) is 7.26. The van der Waals surface area contributed by atoms with Crippen LogP contribution in [-0.4, -0.2) is 34.4 Å². The lowest BCUT2D eigenvalue weighted by molar-refractivity contribution is -0.122. The van der Waals surface area contributed by atoms with Gasteiger partial charge in [-0.1, -0.05) is 48.5 Å². The van der Waals surface area contributed by atoms with Crippen molar-refractivity contribution in [1.29, 1.82) is 0 Å². The van der Waals surface area contributed by atoms with Gasteiger partial charge in [0, 0.05) is 11.3 Å². The fourth-order valence-electron chi connectivity index (χ4n) is 3.63. The second-order valence-electron chi connectivity index (χ2n) is 7.98. The number of amides is 1. The summed E-state index contributed by atoms with van der Waals surface area (Å²) in [6, 6.07) is 26.1. The molecule has 35 heavy (non-hydrogen) atoms. The number of carbonyl (C=O) groups is 2. The molecular formula is C28H27N3O4. The minimum absolute atomic E-state index is 0.212. The number of hydrogen-bond acceptors (Lipinski definition) is 5. The van der Waals surface area contributed by atoms with Crippen LogP contribution < -0.4 is 10.1 Å². The Bertz CT molecular complexity index is 1330. The molecule has 4 rings (SSSR count). The first-order valence-corrected chi connectivity index (χ1v) is 11.4. The Balaban J connectivity index is 1.63. The van der Waals surface area contributed by atoms with Crippen LogP contribution in [0.25, 0.3) is 16.9 Å². The van der Waals surface area contributed by atoms with E-state index in [2.05, 4.69) is 10.4 Å². The van der Waals surface area contributed by atoms with E-state index in [4.69, 9.17) is 9.47 Å². The first kappa shape index (κ1) is 23.8. The second-order valence-corrected chi connectivity index (χ2v) is 7.98. The third-order valence-electron chi connectivity index (χ3n) is 5.39. The molecule has 3 aromatic carbocycles. The SMILES string of the molecule is CCOC(=O)c1cc(-c2cccc(NC(=O)[C@@H](C)Oc3ccccc3)c2)n(-c2ccccc2C)n1. The molecule has 0 unspecified atom stereocenters. The molecule has 0 aliphatic carbocycles. The van der Waals surface area contributed by atoms with Crippen LogP contribution in [-0.2, 0) is 9.53 Å². The van der Waals surface area contributed by atoms with Gasteiger partial charge in [0.05, 0.1) is 18.0 Å². The Labute approximate surface area is 204 Å². The van der Waals surface area contributed by atoms with Crippen LogP contribution in [0, 0.1) is 6.92 Å². The fraction of sp³-hybridized carbons (Fsp3) is 0.179. The first-order valence-electron chi connectivity index (χ1n) is 11.4. The van der Waals surface area contributed by atoms with E-state index < -0.39 is 12.1 Å². The number of aryl methyl sites for hydroxylation is 1. The van der Waals surface area contributed by atoms with E-state index in [1.165, 1.54) is 0 Å². The van der Waals surface area contributed by atoms with Crippen LogP contribution in [0.1, 0.15) is 29.9 Å². The average molecular weight is 470 g/mol. The van der Waals surface area contributed by atoms with Gasteiger partial charge in [0.2, 0.25) is 0 Å². The monoisotopic (exact) mass is 469 g/mol. The van der Waals surface area contributed by atoms with Gasteiger partial charge in [0.25, 0.3) is 5.91 Å². The van der Waals surface area contributed by atoms with Crippen molar-refractivity contribution in [2.45, 2.75) is 26.9 Å². The fourth-order valence-corrected chi connectivity index (χ4v) is 3.63. The Morgan fingerprint density at radius 3 is 2.46 bits per heavy atom. The van der Waals surface area contributed by atoms with Gasteiger partial charge in [-0.05, 0) is 62.7 Å². The number of nitrogens with one attached hydrogen (secondary N) is 1. The second kappa shape index (κ2) is 10.7. The summed E-state index contributed by atoms with van der Waals surface area (Å²) >= 11 is 0. The number of rotatable bonds is 8. The Morgan fingerprint density at radius 2 is 1.71 bits per heavy atom. The summed E-state index contributed by atoms with van der Waals surface area (Å²) in [4.78, 5) is 25.2. The zero-order valence-corrected chi connectivity index (χ0v) is 19.9. The number of benzene rings is 3. The van der Waals surface area contributed by atoms with Crippen molar-refractivity contribution in [3.05, 3.63) is 96.2 Å². The van der Waals surface area contributed by atoms with Gasteiger partial charge in [-0.2, -0.15) is 5.10 Å². The molecule has 0 bridgehead atoms. The van der Waals surface area contributed by atoms with Gasteiger partial charge in [-0.15, -0.1) is 0 Å². The largest absolute Gasteiger partial charge is 0.481 e. The normalized spacial score (nSPS) is 11.5. The molecular weight excluding hydrogens is 442 g/mol. The molecule has 178 valence electrons. The van der Waals surface area contributed by atoms with E-state index in [-0.39, 0.29) is 18.2 Å². The maximum atomic E-state index is 12.7. The maximum absolute atomic E-state index is 12.7. The molecule has 0 radical (unpaired) electrons. The van der Waals surface area contributed by atoms with Crippen LogP contribution in [0.15, 0.2) is 84.9 Å². The molecule has 0 spiro atoms. The highest BCUT2D eigenvalue weighted by molar-refractivity contribution is 5.95. The number of carbonyl (C=O) groups excluding carboxylic acids is 2. The lowest BCUT2D eigenvalue weighted by atomic mass is 10.1. The lowest BCUT2D eigenvalue weighted by Gasteiger charge is -2.15. The summed E-state index contributed by atoms with van der Waals surface area (Å²) in [5.74, 6) is -0.138. The Hall–Kier alpha value is -4.39. The predicted molar refractivity (Wildman–Crippen MR) is 135 cm³/mol. The molecule has 1 heterocycles. The lowest BCUT2D eigenvalue weighted by Crippen LogP contribution is -2.30. The minimum Gasteiger partial charge on any atom is -0.481 e. The molecule has 0 aliphatic rings. The number of hydrogen-bond donors (Lipinski definition) is 1. The van der Waals surface area contributed by atoms with Crippen molar-refractivity contribution in [2.24, 2.45) is 0 Å². The first-order chi connectivity index (χ1) is 17.0. The van der Waals surface area contributed by atoms with Gasteiger partial charge in [-0.25, -0.2) is 9.48 Å². The molecule has 1 atom stereocenters. The van der Waals surface area contributed by atoms with E-state index >= 15 is 0 Å². The third-order valence-corrected chi connectivity index (χ3v) is 5.39. The molecule has 1 amide bonds. The summed E-state index contributed by atoms with van der Waals surface area (Å²) in [6.07, 6.45) is -0.686. The molecule has 1 aromatic heterocycles. The van der Waals surface area contributed by atoms with Crippen LogP contribution in [0.2, 0.25) is 0 Å². The number of aromatic nitrogens is 2. The van der Waals surface area contributed by atoms with Crippen LogP contribution in [0.3, 0.4) is 0 Å². The van der Waals surface area contributed by atoms with Crippen molar-refractivity contribution >= 4 is 17.6 Å². The van der Waals surface area contributed by atoms with Crippen molar-refractivity contribution in [2.75, 3.05) is 11.9 Å². The molecule has 0 saturated carbocycles. The van der Waals surface area contributed by atoms with E-state index in [9.17, 15) is 9.59 Å². The number of anilines is 1. The highest BCUT2D eigenvalue weighted by Crippen LogP contribution is 2.28. The number of para-hydroxylation sites is 2. The van der Waals surface area contributed by atoms with Gasteiger partial charge < -0.3 is 14.8 Å². The number of esters is 1. The predicted octanol–water partition coefficient (Wildman–Crippen LogP) is 5.43. The molecule has 4 aromatic rings. The van der Waals surface area contributed by atoms with Crippen LogP contribution in [0.4, 0.5) is 5.69 Å². The summed E-state index contributed by atoms with van der Waals surface area (Å²) in [5.41, 5.74) is 4.15. The maximum Gasteiger partial charge on any atom is 0.358 e. The molecule has 0 saturated heterocycles. The standard InChI is InChI=1S/C28H27N3O4/c1-4-34-28(33)24-18-26(31(30-24)25-16-9-8-11-19(25)2)21-12-10-13-22(17-21)29-27(32)20(3)35-23-14-6-5-7-15-23/h5-18,20H,4H2,1-3H3,(H,29,32)/t20-/m1/s1. The quantitative estimate of drug-likeness (QED) is 0.348. The third kappa shape index (κ3) is 5.58. The average Bonchev–Trinajstić information content (AvgIpc) is 3.31. The van der Waals surface area contributed by atoms with E-state index in [0.29, 0.717) is 17.1 Å². The number of ether oxygens (including phenoxy) is 2. The summed E-state index contributed by atoms with van der Waals surface area (Å²) in [5, 5.41) is 7.44. The Morgan fingerprint density at radius 1 is 0.971 bits per heavy atom. The summed E-state index contributed by atoms with van der Waals surface area (Å²) in [6.45, 7) is 5.70. The molecule has 0 aliphatic heterocycles. The van der Waals surface area contributed by atoms with Crippen molar-refractivity contribution in [3.8, 4) is 22.7 Å². The van der Waals surface area contributed by atoms with Gasteiger partial charge in [-0.3, -0.25) is 4.79 Å². The highest BCUT2D eigenvalue weighted by Gasteiger charge is 2.20. The van der Waals surface area contributed by atoms with Crippen LogP contribution in [0.5, 0.6) is 5.75 Å². The van der Waals surface area contributed by atoms with E-state index in [1.807, 2.05) is 67.6 Å². The van der Waals surface area contributed by atoms with Crippen molar-refractivity contribution in [1.82, 2.24) is 9.78 Å². The van der Waals surface area contributed by atoms with Gasteiger partial charge in [0.1, 0.15) is 5.75 Å². The number of nitrogens with zero attached hydrogens (tertiary/aromatic N) is 2. The van der Waals surface area contributed by atoms with Crippen LogP contribution >= 0.6 is 0 Å². The van der Waals surface area contributed by atoms with Crippen molar-refractivity contribution in [3.63, 3.8) is 0 Å². The topological polar surface area (TPSA) is 82.5 Å². The van der Waals surface area contributed by atoms with E-state index in [1.54, 1.807) is 42.8 Å². The zero-order valence-electron chi connectivity index (χ0n) is 19.9. The minimum atomic E-state index is -0.686. The molecule has 7 nitrogen and oxygen atoms in total. The smallest absolute Gasteiger partial charge is 0.358 e. The molecule has 1 N–H and O–H groups in total. The van der Waals surface area contributed by atoms with Gasteiger partial charge >= 0.3 is 5.97 Å². The summed E-state index contributed by atoms with van der Waals surface area (Å²) < 4.78 is 12.6.